The van der Waals surface area contributed by atoms with E-state index in [9.17, 15) is 4.79 Å². The van der Waals surface area contributed by atoms with Crippen LogP contribution < -0.4 is 20.7 Å². The number of benzene rings is 1. The van der Waals surface area contributed by atoms with Crippen molar-refractivity contribution in [3.05, 3.63) is 29.3 Å². The standard InChI is InChI=1S/C21H34N4O2.HI/c1-5-16(3)25-20(26)10-11-23-21(22-4)24-13-18-9-6-15(2)12-19(18)27-14-17-7-8-17;/h6,9,12,16-17H,5,7-8,10-11,13-14H2,1-4H3,(H,25,26)(H2,22,23,24);1H. The van der Waals surface area contributed by atoms with E-state index >= 15 is 0 Å². The van der Waals surface area contributed by atoms with Gasteiger partial charge < -0.3 is 20.7 Å². The lowest BCUT2D eigenvalue weighted by molar-refractivity contribution is -0.121. The van der Waals surface area contributed by atoms with Crippen LogP contribution in [0.3, 0.4) is 0 Å². The zero-order chi connectivity index (χ0) is 19.6. The summed E-state index contributed by atoms with van der Waals surface area (Å²) in [6.45, 7) is 8.11. The third-order valence-electron chi connectivity index (χ3n) is 4.73. The highest BCUT2D eigenvalue weighted by molar-refractivity contribution is 14.0. The van der Waals surface area contributed by atoms with E-state index in [4.69, 9.17) is 4.74 Å². The third kappa shape index (κ3) is 9.12. The molecule has 2 rings (SSSR count). The number of rotatable bonds is 10. The maximum atomic E-state index is 11.8. The number of hydrogen-bond acceptors (Lipinski definition) is 3. The van der Waals surface area contributed by atoms with Gasteiger partial charge in [-0.1, -0.05) is 19.1 Å². The summed E-state index contributed by atoms with van der Waals surface area (Å²) in [7, 11) is 1.73. The van der Waals surface area contributed by atoms with Gasteiger partial charge in [0.05, 0.1) is 6.61 Å². The Labute approximate surface area is 186 Å². The Bertz CT molecular complexity index is 647. The summed E-state index contributed by atoms with van der Waals surface area (Å²) in [5.41, 5.74) is 2.30. The van der Waals surface area contributed by atoms with Crippen molar-refractivity contribution in [2.45, 2.75) is 59.0 Å². The van der Waals surface area contributed by atoms with Gasteiger partial charge in [-0.3, -0.25) is 9.79 Å². The van der Waals surface area contributed by atoms with Gasteiger partial charge in [-0.05, 0) is 50.7 Å². The minimum Gasteiger partial charge on any atom is -0.493 e. The Morgan fingerprint density at radius 2 is 2.07 bits per heavy atom. The fourth-order valence-corrected chi connectivity index (χ4v) is 2.58. The molecule has 3 N–H and O–H groups in total. The van der Waals surface area contributed by atoms with Crippen molar-refractivity contribution in [1.82, 2.24) is 16.0 Å². The van der Waals surface area contributed by atoms with E-state index in [0.717, 1.165) is 30.3 Å². The molecule has 1 aliphatic rings. The van der Waals surface area contributed by atoms with Gasteiger partial charge in [0.1, 0.15) is 5.75 Å². The van der Waals surface area contributed by atoms with Gasteiger partial charge in [0.2, 0.25) is 5.91 Å². The molecule has 1 unspecified atom stereocenters. The molecular formula is C21H35IN4O2. The lowest BCUT2D eigenvalue weighted by atomic mass is 10.1. The molecule has 0 radical (unpaired) electrons. The normalized spacial score (nSPS) is 14.6. The van der Waals surface area contributed by atoms with E-state index < -0.39 is 0 Å². The molecule has 0 heterocycles. The van der Waals surface area contributed by atoms with Crippen LogP contribution in [0.5, 0.6) is 5.75 Å². The van der Waals surface area contributed by atoms with Gasteiger partial charge >= 0.3 is 0 Å². The first kappa shape index (κ1) is 24.5. The number of carbonyl (C=O) groups is 1. The highest BCUT2D eigenvalue weighted by Crippen LogP contribution is 2.30. The second-order valence-electron chi connectivity index (χ2n) is 7.34. The van der Waals surface area contributed by atoms with Crippen molar-refractivity contribution in [2.75, 3.05) is 20.2 Å². The first-order chi connectivity index (χ1) is 13.0. The molecule has 28 heavy (non-hydrogen) atoms. The van der Waals surface area contributed by atoms with Crippen molar-refractivity contribution < 1.29 is 9.53 Å². The lowest BCUT2D eigenvalue weighted by Gasteiger charge is -2.16. The highest BCUT2D eigenvalue weighted by Gasteiger charge is 2.22. The summed E-state index contributed by atoms with van der Waals surface area (Å²) in [5.74, 6) is 2.40. The first-order valence-corrected chi connectivity index (χ1v) is 9.98. The van der Waals surface area contributed by atoms with Crippen LogP contribution in [-0.2, 0) is 11.3 Å². The maximum Gasteiger partial charge on any atom is 0.221 e. The average Bonchev–Trinajstić information content (AvgIpc) is 3.48. The molecule has 0 spiro atoms. The predicted octanol–water partition coefficient (Wildman–Crippen LogP) is 3.37. The van der Waals surface area contributed by atoms with Crippen LogP contribution in [0.4, 0.5) is 0 Å². The molecule has 158 valence electrons. The van der Waals surface area contributed by atoms with E-state index in [1.165, 1.54) is 18.4 Å². The molecule has 1 saturated carbocycles. The van der Waals surface area contributed by atoms with E-state index in [2.05, 4.69) is 53.0 Å². The van der Waals surface area contributed by atoms with Crippen LogP contribution in [0.25, 0.3) is 0 Å². The van der Waals surface area contributed by atoms with Gasteiger partial charge in [0.25, 0.3) is 0 Å². The van der Waals surface area contributed by atoms with Crippen LogP contribution in [0.1, 0.15) is 50.7 Å². The minimum atomic E-state index is 0. The number of ether oxygens (including phenoxy) is 1. The summed E-state index contributed by atoms with van der Waals surface area (Å²) < 4.78 is 6.01. The fraction of sp³-hybridized carbons (Fsp3) is 0.619. The van der Waals surface area contributed by atoms with Crippen molar-refractivity contribution >= 4 is 35.8 Å². The quantitative estimate of drug-likeness (QED) is 0.261. The molecule has 7 heteroatoms. The van der Waals surface area contributed by atoms with Gasteiger partial charge in [0.15, 0.2) is 5.96 Å². The number of nitrogens with one attached hydrogen (secondary N) is 3. The molecule has 6 nitrogen and oxygen atoms in total. The number of hydrogen-bond donors (Lipinski definition) is 3. The van der Waals surface area contributed by atoms with E-state index in [1.807, 2.05) is 6.92 Å². The predicted molar refractivity (Wildman–Crippen MR) is 126 cm³/mol. The maximum absolute atomic E-state index is 11.8. The number of amides is 1. The van der Waals surface area contributed by atoms with E-state index in [0.29, 0.717) is 25.5 Å². The van der Waals surface area contributed by atoms with Crippen LogP contribution in [-0.4, -0.2) is 38.1 Å². The first-order valence-electron chi connectivity index (χ1n) is 9.98. The van der Waals surface area contributed by atoms with Gasteiger partial charge in [0, 0.05) is 38.2 Å². The number of aryl methyl sites for hydroxylation is 1. The molecule has 0 bridgehead atoms. The Kier molecular flexibility index (Phi) is 11.3. The summed E-state index contributed by atoms with van der Waals surface area (Å²) in [6, 6.07) is 6.49. The van der Waals surface area contributed by atoms with Crippen LogP contribution in [0.15, 0.2) is 23.2 Å². The Balaban J connectivity index is 0.00000392. The monoisotopic (exact) mass is 502 g/mol. The molecule has 1 aromatic carbocycles. The fourth-order valence-electron chi connectivity index (χ4n) is 2.58. The minimum absolute atomic E-state index is 0. The Morgan fingerprint density at radius 1 is 1.32 bits per heavy atom. The average molecular weight is 502 g/mol. The Hall–Kier alpha value is -1.51. The van der Waals surface area contributed by atoms with Gasteiger partial charge in [-0.25, -0.2) is 0 Å². The number of carbonyl (C=O) groups excluding carboxylic acids is 1. The Morgan fingerprint density at radius 3 is 2.71 bits per heavy atom. The third-order valence-corrected chi connectivity index (χ3v) is 4.73. The SMILES string of the molecule is CCC(C)NC(=O)CCNC(=NC)NCc1ccc(C)cc1OCC1CC1.I. The lowest BCUT2D eigenvalue weighted by Crippen LogP contribution is -2.40. The van der Waals surface area contributed by atoms with Crippen molar-refractivity contribution in [3.8, 4) is 5.75 Å². The molecular weight excluding hydrogens is 467 g/mol. The van der Waals surface area contributed by atoms with E-state index in [-0.39, 0.29) is 35.9 Å². The van der Waals surface area contributed by atoms with Gasteiger partial charge in [-0.15, -0.1) is 24.0 Å². The number of aliphatic imine (C=N–C) groups is 1. The van der Waals surface area contributed by atoms with Crippen LogP contribution >= 0.6 is 24.0 Å². The molecule has 1 fully saturated rings. The molecule has 1 aliphatic carbocycles. The second kappa shape index (κ2) is 12.9. The van der Waals surface area contributed by atoms with Crippen LogP contribution in [0, 0.1) is 12.8 Å². The molecule has 0 saturated heterocycles. The number of halogens is 1. The molecule has 1 atom stereocenters. The van der Waals surface area contributed by atoms with Crippen molar-refractivity contribution in [2.24, 2.45) is 10.9 Å². The summed E-state index contributed by atoms with van der Waals surface area (Å²) in [6.07, 6.45) is 3.91. The van der Waals surface area contributed by atoms with E-state index in [1.54, 1.807) is 7.05 Å². The zero-order valence-corrected chi connectivity index (χ0v) is 19.8. The molecule has 0 aromatic heterocycles. The largest absolute Gasteiger partial charge is 0.493 e. The number of guanidine groups is 1. The highest BCUT2D eigenvalue weighted by atomic mass is 127. The topological polar surface area (TPSA) is 74.8 Å². The molecule has 1 amide bonds. The van der Waals surface area contributed by atoms with Gasteiger partial charge in [-0.2, -0.15) is 0 Å². The summed E-state index contributed by atoms with van der Waals surface area (Å²) in [4.78, 5) is 16.1. The van der Waals surface area contributed by atoms with Crippen molar-refractivity contribution in [3.63, 3.8) is 0 Å². The second-order valence-corrected chi connectivity index (χ2v) is 7.34. The van der Waals surface area contributed by atoms with Crippen LogP contribution in [0.2, 0.25) is 0 Å². The summed E-state index contributed by atoms with van der Waals surface area (Å²) in [5, 5.41) is 9.46. The smallest absolute Gasteiger partial charge is 0.221 e. The zero-order valence-electron chi connectivity index (χ0n) is 17.5. The molecule has 0 aliphatic heterocycles. The summed E-state index contributed by atoms with van der Waals surface area (Å²) >= 11 is 0. The van der Waals surface area contributed by atoms with Crippen molar-refractivity contribution in [1.29, 1.82) is 0 Å². The molecule has 1 aromatic rings. The number of nitrogens with zero attached hydrogens (tertiary/aromatic N) is 1.